The average molecular weight is 229 g/mol. The molecule has 0 aromatic heterocycles. The Morgan fingerprint density at radius 1 is 1.25 bits per heavy atom. The van der Waals surface area contributed by atoms with E-state index in [1.165, 1.54) is 0 Å². The molecule has 0 heterocycles. The quantitative estimate of drug-likeness (QED) is 0.564. The normalized spacial score (nSPS) is 22.8. The van der Waals surface area contributed by atoms with Crippen molar-refractivity contribution in [3.8, 4) is 0 Å². The smallest absolute Gasteiger partial charge is 0.323 e. The molecule has 1 rings (SSSR count). The summed E-state index contributed by atoms with van der Waals surface area (Å²) in [5.41, 5.74) is 4.60. The maximum Gasteiger partial charge on any atom is 0.323 e. The van der Waals surface area contributed by atoms with Crippen molar-refractivity contribution in [2.75, 3.05) is 13.2 Å². The lowest BCUT2D eigenvalue weighted by molar-refractivity contribution is -0.171. The second kappa shape index (κ2) is 5.30. The molecular weight excluding hydrogens is 210 g/mol. The highest BCUT2D eigenvalue weighted by molar-refractivity contribution is 6.00. The summed E-state index contributed by atoms with van der Waals surface area (Å²) >= 11 is 0. The molecule has 16 heavy (non-hydrogen) atoms. The van der Waals surface area contributed by atoms with Gasteiger partial charge in [-0.25, -0.2) is 0 Å². The summed E-state index contributed by atoms with van der Waals surface area (Å²) in [6, 6.07) is -0.131. The second-order valence-electron chi connectivity index (χ2n) is 4.03. The van der Waals surface area contributed by atoms with Crippen molar-refractivity contribution in [2.45, 2.75) is 39.2 Å². The summed E-state index contributed by atoms with van der Waals surface area (Å²) < 4.78 is 9.90. The molecule has 0 amide bonds. The van der Waals surface area contributed by atoms with Crippen LogP contribution in [-0.2, 0) is 19.1 Å². The van der Waals surface area contributed by atoms with Crippen LogP contribution in [0.25, 0.3) is 0 Å². The average Bonchev–Trinajstić information content (AvgIpc) is 2.63. The van der Waals surface area contributed by atoms with E-state index in [0.717, 1.165) is 0 Å². The van der Waals surface area contributed by atoms with E-state index in [1.807, 2.05) is 0 Å². The zero-order chi connectivity index (χ0) is 12.2. The monoisotopic (exact) mass is 229 g/mol. The first-order chi connectivity index (χ1) is 7.56. The maximum atomic E-state index is 11.9. The third-order valence-electron chi connectivity index (χ3n) is 2.88. The molecule has 0 aromatic carbocycles. The van der Waals surface area contributed by atoms with E-state index in [9.17, 15) is 9.59 Å². The zero-order valence-corrected chi connectivity index (χ0v) is 9.82. The van der Waals surface area contributed by atoms with Crippen LogP contribution in [0.2, 0.25) is 0 Å². The van der Waals surface area contributed by atoms with Crippen molar-refractivity contribution in [1.82, 2.24) is 0 Å². The molecule has 1 aliphatic rings. The molecule has 92 valence electrons. The Bertz CT molecular complexity index is 259. The Hall–Kier alpha value is -1.10. The third kappa shape index (κ3) is 2.35. The minimum absolute atomic E-state index is 0.131. The largest absolute Gasteiger partial charge is 0.465 e. The van der Waals surface area contributed by atoms with Crippen LogP contribution in [0.4, 0.5) is 0 Å². The van der Waals surface area contributed by atoms with Gasteiger partial charge in [0.15, 0.2) is 5.41 Å². The molecule has 1 aliphatic carbocycles. The lowest BCUT2D eigenvalue weighted by Gasteiger charge is -2.24. The van der Waals surface area contributed by atoms with E-state index in [0.29, 0.717) is 19.3 Å². The van der Waals surface area contributed by atoms with Gasteiger partial charge in [0.05, 0.1) is 13.2 Å². The first-order valence-electron chi connectivity index (χ1n) is 5.66. The lowest BCUT2D eigenvalue weighted by Crippen LogP contribution is -2.41. The number of hydrogen-bond acceptors (Lipinski definition) is 5. The van der Waals surface area contributed by atoms with E-state index in [-0.39, 0.29) is 19.3 Å². The maximum absolute atomic E-state index is 11.9. The highest BCUT2D eigenvalue weighted by Crippen LogP contribution is 2.40. The molecular formula is C11H19NO4. The van der Waals surface area contributed by atoms with E-state index < -0.39 is 17.4 Å². The topological polar surface area (TPSA) is 78.6 Å². The molecule has 1 unspecified atom stereocenters. The highest BCUT2D eigenvalue weighted by Gasteiger charge is 2.53. The lowest BCUT2D eigenvalue weighted by atomic mass is 9.86. The Morgan fingerprint density at radius 2 is 1.75 bits per heavy atom. The fourth-order valence-corrected chi connectivity index (χ4v) is 2.08. The summed E-state index contributed by atoms with van der Waals surface area (Å²) in [5.74, 6) is -0.997. The third-order valence-corrected chi connectivity index (χ3v) is 2.88. The predicted molar refractivity (Wildman–Crippen MR) is 57.5 cm³/mol. The second-order valence-corrected chi connectivity index (χ2v) is 4.03. The van der Waals surface area contributed by atoms with Crippen LogP contribution < -0.4 is 5.73 Å². The summed E-state index contributed by atoms with van der Waals surface area (Å²) in [6.45, 7) is 3.95. The first-order valence-corrected chi connectivity index (χ1v) is 5.66. The SMILES string of the molecule is CCOC(=O)C1(C(=O)OCC)CCC(N)C1. The Labute approximate surface area is 95.3 Å². The fourth-order valence-electron chi connectivity index (χ4n) is 2.08. The van der Waals surface area contributed by atoms with E-state index in [4.69, 9.17) is 15.2 Å². The van der Waals surface area contributed by atoms with E-state index in [2.05, 4.69) is 0 Å². The van der Waals surface area contributed by atoms with Crippen molar-refractivity contribution < 1.29 is 19.1 Å². The van der Waals surface area contributed by atoms with Crippen molar-refractivity contribution in [1.29, 1.82) is 0 Å². The van der Waals surface area contributed by atoms with Crippen molar-refractivity contribution in [3.05, 3.63) is 0 Å². The van der Waals surface area contributed by atoms with Crippen molar-refractivity contribution >= 4 is 11.9 Å². The summed E-state index contributed by atoms with van der Waals surface area (Å²) in [7, 11) is 0. The van der Waals surface area contributed by atoms with Gasteiger partial charge in [-0.15, -0.1) is 0 Å². The van der Waals surface area contributed by atoms with Crippen LogP contribution in [0, 0.1) is 5.41 Å². The van der Waals surface area contributed by atoms with Crippen LogP contribution in [-0.4, -0.2) is 31.2 Å². The van der Waals surface area contributed by atoms with Crippen LogP contribution in [0.3, 0.4) is 0 Å². The van der Waals surface area contributed by atoms with Gasteiger partial charge in [0.2, 0.25) is 0 Å². The van der Waals surface area contributed by atoms with Gasteiger partial charge in [-0.1, -0.05) is 0 Å². The molecule has 0 bridgehead atoms. The van der Waals surface area contributed by atoms with Gasteiger partial charge in [0, 0.05) is 6.04 Å². The zero-order valence-electron chi connectivity index (χ0n) is 9.82. The Balaban J connectivity index is 2.85. The van der Waals surface area contributed by atoms with Gasteiger partial charge >= 0.3 is 11.9 Å². The molecule has 5 heteroatoms. The summed E-state index contributed by atoms with van der Waals surface area (Å²) in [4.78, 5) is 23.7. The molecule has 0 spiro atoms. The van der Waals surface area contributed by atoms with Gasteiger partial charge in [0.25, 0.3) is 0 Å². The molecule has 0 saturated heterocycles. The minimum atomic E-state index is -1.16. The number of hydrogen-bond donors (Lipinski definition) is 1. The molecule has 0 radical (unpaired) electrons. The van der Waals surface area contributed by atoms with E-state index >= 15 is 0 Å². The standard InChI is InChI=1S/C11H19NO4/c1-3-15-9(13)11(10(14)16-4-2)6-5-8(12)7-11/h8H,3-7,12H2,1-2H3. The summed E-state index contributed by atoms with van der Waals surface area (Å²) in [5, 5.41) is 0. The number of rotatable bonds is 4. The van der Waals surface area contributed by atoms with Crippen LogP contribution in [0.1, 0.15) is 33.1 Å². The number of esters is 2. The predicted octanol–water partition coefficient (Wildman–Crippen LogP) is 0.610. The van der Waals surface area contributed by atoms with Crippen molar-refractivity contribution in [3.63, 3.8) is 0 Å². The summed E-state index contributed by atoms with van der Waals surface area (Å²) in [6.07, 6.45) is 1.40. The van der Waals surface area contributed by atoms with Crippen molar-refractivity contribution in [2.24, 2.45) is 11.1 Å². The van der Waals surface area contributed by atoms with Gasteiger partial charge in [-0.05, 0) is 33.1 Å². The molecule has 5 nitrogen and oxygen atoms in total. The Kier molecular flexibility index (Phi) is 4.29. The molecule has 1 atom stereocenters. The van der Waals surface area contributed by atoms with Crippen LogP contribution in [0.15, 0.2) is 0 Å². The van der Waals surface area contributed by atoms with Crippen LogP contribution in [0.5, 0.6) is 0 Å². The number of ether oxygens (including phenoxy) is 2. The molecule has 1 saturated carbocycles. The van der Waals surface area contributed by atoms with E-state index in [1.54, 1.807) is 13.8 Å². The molecule has 0 aliphatic heterocycles. The minimum Gasteiger partial charge on any atom is -0.465 e. The molecule has 0 aromatic rings. The van der Waals surface area contributed by atoms with Crippen LogP contribution >= 0.6 is 0 Å². The molecule has 2 N–H and O–H groups in total. The number of carbonyl (C=O) groups excluding carboxylic acids is 2. The number of nitrogens with two attached hydrogens (primary N) is 1. The Morgan fingerprint density at radius 3 is 2.06 bits per heavy atom. The highest BCUT2D eigenvalue weighted by atomic mass is 16.6. The number of carbonyl (C=O) groups is 2. The van der Waals surface area contributed by atoms with Gasteiger partial charge in [0.1, 0.15) is 0 Å². The molecule has 1 fully saturated rings. The van der Waals surface area contributed by atoms with Gasteiger partial charge < -0.3 is 15.2 Å². The van der Waals surface area contributed by atoms with Gasteiger partial charge in [-0.3, -0.25) is 9.59 Å². The first kappa shape index (κ1) is 13.0. The fraction of sp³-hybridized carbons (Fsp3) is 0.818. The van der Waals surface area contributed by atoms with Gasteiger partial charge in [-0.2, -0.15) is 0 Å².